The Labute approximate surface area is 155 Å². The van der Waals surface area contributed by atoms with Gasteiger partial charge in [-0.15, -0.1) is 0 Å². The molecule has 0 atom stereocenters. The number of benzene rings is 1. The number of nitrogens with zero attached hydrogens (tertiary/aromatic N) is 3. The van der Waals surface area contributed by atoms with Crippen LogP contribution in [0.5, 0.6) is 5.75 Å². The summed E-state index contributed by atoms with van der Waals surface area (Å²) >= 11 is 0.833. The first-order chi connectivity index (χ1) is 12.6. The van der Waals surface area contributed by atoms with Crippen LogP contribution < -0.4 is 4.74 Å². The lowest BCUT2D eigenvalue weighted by atomic mass is 10.2. The Hall–Kier alpha value is -2.79. The van der Waals surface area contributed by atoms with Gasteiger partial charge in [-0.05, 0) is 48.4 Å². The zero-order chi connectivity index (χ0) is 18.5. The molecule has 134 valence electrons. The smallest absolute Gasteiger partial charge is 0.294 e. The van der Waals surface area contributed by atoms with Crippen molar-refractivity contribution < 1.29 is 19.1 Å². The Morgan fingerprint density at radius 2 is 1.92 bits per heavy atom. The van der Waals surface area contributed by atoms with Crippen molar-refractivity contribution in [3.05, 3.63) is 34.7 Å². The molecule has 7 nitrogen and oxygen atoms in total. The first-order valence-electron chi connectivity index (χ1n) is 8.21. The average Bonchev–Trinajstić information content (AvgIpc) is 3.26. The van der Waals surface area contributed by atoms with E-state index in [1.54, 1.807) is 35.2 Å². The third kappa shape index (κ3) is 4.06. The number of nitriles is 1. The van der Waals surface area contributed by atoms with Crippen molar-refractivity contribution in [2.75, 3.05) is 26.2 Å². The van der Waals surface area contributed by atoms with E-state index in [2.05, 4.69) is 0 Å². The number of amides is 3. The molecule has 3 amide bonds. The average molecular weight is 371 g/mol. The van der Waals surface area contributed by atoms with Gasteiger partial charge in [0.25, 0.3) is 11.1 Å². The fourth-order valence-corrected chi connectivity index (χ4v) is 3.60. The fourth-order valence-electron chi connectivity index (χ4n) is 2.77. The summed E-state index contributed by atoms with van der Waals surface area (Å²) in [6, 6.07) is 8.72. The van der Waals surface area contributed by atoms with Gasteiger partial charge in [-0.3, -0.25) is 19.3 Å². The maximum atomic E-state index is 12.5. The van der Waals surface area contributed by atoms with Crippen LogP contribution in [0.15, 0.2) is 29.2 Å². The van der Waals surface area contributed by atoms with E-state index in [1.165, 1.54) is 0 Å². The summed E-state index contributed by atoms with van der Waals surface area (Å²) in [5, 5.41) is 8.07. The minimum Gasteiger partial charge on any atom is -0.479 e. The van der Waals surface area contributed by atoms with Gasteiger partial charge in [0.1, 0.15) is 18.4 Å². The minimum absolute atomic E-state index is 0.0384. The van der Waals surface area contributed by atoms with Crippen LogP contribution in [0.1, 0.15) is 18.4 Å². The van der Waals surface area contributed by atoms with Crippen LogP contribution in [0.2, 0.25) is 0 Å². The fraction of sp³-hybridized carbons (Fsp3) is 0.333. The molecule has 0 unspecified atom stereocenters. The summed E-state index contributed by atoms with van der Waals surface area (Å²) in [5.74, 6) is -0.0876. The minimum atomic E-state index is -0.447. The highest BCUT2D eigenvalue weighted by Gasteiger charge is 2.37. The molecule has 26 heavy (non-hydrogen) atoms. The number of rotatable bonds is 5. The van der Waals surface area contributed by atoms with Gasteiger partial charge in [0, 0.05) is 13.1 Å². The van der Waals surface area contributed by atoms with Gasteiger partial charge in [0.15, 0.2) is 6.61 Å². The van der Waals surface area contributed by atoms with Crippen molar-refractivity contribution in [3.63, 3.8) is 0 Å². The topological polar surface area (TPSA) is 90.7 Å². The molecular weight excluding hydrogens is 354 g/mol. The first-order valence-corrected chi connectivity index (χ1v) is 9.03. The van der Waals surface area contributed by atoms with Crippen LogP contribution in [0, 0.1) is 11.3 Å². The van der Waals surface area contributed by atoms with Gasteiger partial charge in [0.2, 0.25) is 5.91 Å². The second-order valence-electron chi connectivity index (χ2n) is 5.87. The van der Waals surface area contributed by atoms with Crippen molar-refractivity contribution in [1.29, 1.82) is 5.26 Å². The molecule has 8 heteroatoms. The molecular formula is C18H17N3O4S. The number of likely N-dealkylation sites (tertiary alicyclic amines) is 1. The van der Waals surface area contributed by atoms with Crippen molar-refractivity contribution in [2.45, 2.75) is 12.8 Å². The summed E-state index contributed by atoms with van der Waals surface area (Å²) in [6.07, 6.45) is 3.53. The molecule has 0 aromatic heterocycles. The van der Waals surface area contributed by atoms with Gasteiger partial charge < -0.3 is 9.64 Å². The van der Waals surface area contributed by atoms with E-state index in [4.69, 9.17) is 10.00 Å². The maximum Gasteiger partial charge on any atom is 0.294 e. The molecule has 0 saturated carbocycles. The monoisotopic (exact) mass is 371 g/mol. The third-order valence-electron chi connectivity index (χ3n) is 4.11. The lowest BCUT2D eigenvalue weighted by Gasteiger charge is -2.18. The van der Waals surface area contributed by atoms with Crippen molar-refractivity contribution >= 4 is 34.9 Å². The summed E-state index contributed by atoms with van der Waals surface area (Å²) in [7, 11) is 0. The summed E-state index contributed by atoms with van der Waals surface area (Å²) in [5.41, 5.74) is 0.727. The number of hydrogen-bond donors (Lipinski definition) is 0. The van der Waals surface area contributed by atoms with E-state index in [0.717, 1.165) is 35.1 Å². The van der Waals surface area contributed by atoms with Gasteiger partial charge >= 0.3 is 0 Å². The third-order valence-corrected chi connectivity index (χ3v) is 5.01. The second kappa shape index (κ2) is 8.06. The zero-order valence-electron chi connectivity index (χ0n) is 14.0. The van der Waals surface area contributed by atoms with Crippen LogP contribution in [-0.4, -0.2) is 53.1 Å². The summed E-state index contributed by atoms with van der Waals surface area (Å²) in [6.45, 7) is 1.13. The predicted molar refractivity (Wildman–Crippen MR) is 96.0 cm³/mol. The van der Waals surface area contributed by atoms with Crippen molar-refractivity contribution in [3.8, 4) is 11.8 Å². The molecule has 3 rings (SSSR count). The largest absolute Gasteiger partial charge is 0.479 e. The lowest BCUT2D eigenvalue weighted by molar-refractivity contribution is -0.135. The number of hydrogen-bond acceptors (Lipinski definition) is 6. The number of carbonyl (C=O) groups excluding carboxylic acids is 3. The first kappa shape index (κ1) is 18.0. The molecule has 2 fully saturated rings. The van der Waals surface area contributed by atoms with Crippen LogP contribution in [0.3, 0.4) is 0 Å². The molecule has 0 N–H and O–H groups in total. The number of imide groups is 1. The lowest BCUT2D eigenvalue weighted by Crippen LogP contribution is -2.40. The van der Waals surface area contributed by atoms with Gasteiger partial charge in [0.05, 0.1) is 4.91 Å². The number of carbonyl (C=O) groups is 3. The molecule has 1 aromatic carbocycles. The second-order valence-corrected chi connectivity index (χ2v) is 6.86. The van der Waals surface area contributed by atoms with E-state index in [1.807, 2.05) is 6.07 Å². The van der Waals surface area contributed by atoms with Crippen LogP contribution in [-0.2, 0) is 9.59 Å². The highest BCUT2D eigenvalue weighted by atomic mass is 32.2. The van der Waals surface area contributed by atoms with E-state index in [-0.39, 0.29) is 24.0 Å². The molecule has 0 radical (unpaired) electrons. The molecule has 2 heterocycles. The van der Waals surface area contributed by atoms with Crippen LogP contribution >= 0.6 is 11.8 Å². The Morgan fingerprint density at radius 3 is 2.58 bits per heavy atom. The Kier molecular flexibility index (Phi) is 5.58. The van der Waals surface area contributed by atoms with Crippen LogP contribution in [0.25, 0.3) is 6.08 Å². The van der Waals surface area contributed by atoms with Gasteiger partial charge in [-0.2, -0.15) is 5.26 Å². The Balaban J connectivity index is 1.66. The van der Waals surface area contributed by atoms with Gasteiger partial charge in [-0.1, -0.05) is 12.1 Å². The Morgan fingerprint density at radius 1 is 1.23 bits per heavy atom. The normalized spacial score (nSPS) is 18.5. The highest BCUT2D eigenvalue weighted by Crippen LogP contribution is 2.32. The highest BCUT2D eigenvalue weighted by molar-refractivity contribution is 8.18. The number of ether oxygens (including phenoxy) is 1. The maximum absolute atomic E-state index is 12.5. The summed E-state index contributed by atoms with van der Waals surface area (Å²) in [4.78, 5) is 39.7. The molecule has 2 aliphatic rings. The van der Waals surface area contributed by atoms with Crippen molar-refractivity contribution in [2.24, 2.45) is 0 Å². The van der Waals surface area contributed by atoms with Crippen LogP contribution in [0.4, 0.5) is 4.79 Å². The van der Waals surface area contributed by atoms with E-state index < -0.39 is 11.1 Å². The van der Waals surface area contributed by atoms with E-state index in [0.29, 0.717) is 18.8 Å². The summed E-state index contributed by atoms with van der Waals surface area (Å²) < 4.78 is 5.17. The SMILES string of the molecule is N#CCOc1ccc(/C=C2\SC(=O)N(CC(=O)N3CCCC3)C2=O)cc1. The molecule has 1 aromatic rings. The predicted octanol–water partition coefficient (Wildman–Crippen LogP) is 2.25. The molecule has 0 spiro atoms. The molecule has 2 aliphatic heterocycles. The zero-order valence-corrected chi connectivity index (χ0v) is 14.8. The quantitative estimate of drug-likeness (QED) is 0.738. The van der Waals surface area contributed by atoms with E-state index in [9.17, 15) is 14.4 Å². The van der Waals surface area contributed by atoms with Crippen molar-refractivity contribution in [1.82, 2.24) is 9.80 Å². The molecule has 2 saturated heterocycles. The molecule has 0 bridgehead atoms. The van der Waals surface area contributed by atoms with Gasteiger partial charge in [-0.25, -0.2) is 0 Å². The molecule has 0 aliphatic carbocycles. The number of thioether (sulfide) groups is 1. The van der Waals surface area contributed by atoms with E-state index >= 15 is 0 Å². The standard InChI is InChI=1S/C18H17N3O4S/c19-7-10-25-14-5-3-13(4-6-14)11-15-17(23)21(18(24)26-15)12-16(22)20-8-1-2-9-20/h3-6,11H,1-2,8-10,12H2/b15-11-. The Bertz CT molecular complexity index is 792.